The van der Waals surface area contributed by atoms with Crippen molar-refractivity contribution in [2.75, 3.05) is 10.9 Å². The Morgan fingerprint density at radius 3 is 2.23 bits per heavy atom. The largest absolute Gasteiger partial charge is 0.483 e. The number of anilines is 1. The maximum absolute atomic E-state index is 13.3. The van der Waals surface area contributed by atoms with Gasteiger partial charge in [-0.05, 0) is 70.7 Å². The Balaban J connectivity index is 1.91. The molecule has 5 nitrogen and oxygen atoms in total. The molecule has 0 spiro atoms. The minimum atomic E-state index is -4.11. The molecule has 0 aromatic heterocycles. The highest BCUT2D eigenvalue weighted by atomic mass is 79.9. The first-order chi connectivity index (χ1) is 14.7. The van der Waals surface area contributed by atoms with E-state index in [9.17, 15) is 13.2 Å². The van der Waals surface area contributed by atoms with Crippen LogP contribution < -0.4 is 9.04 Å². The van der Waals surface area contributed by atoms with E-state index in [2.05, 4.69) is 29.8 Å². The molecular formula is C24H24BrNO4S. The molecule has 0 radical (unpaired) electrons. The highest BCUT2D eigenvalue weighted by Gasteiger charge is 2.31. The molecule has 0 aliphatic carbocycles. The summed E-state index contributed by atoms with van der Waals surface area (Å²) >= 11 is 3.46. The van der Waals surface area contributed by atoms with Crippen molar-refractivity contribution in [3.8, 4) is 5.75 Å². The summed E-state index contributed by atoms with van der Waals surface area (Å²) in [6.45, 7) is 5.63. The third-order valence-electron chi connectivity index (χ3n) is 4.75. The molecule has 3 aromatic carbocycles. The van der Waals surface area contributed by atoms with Crippen LogP contribution in [0.5, 0.6) is 5.75 Å². The predicted molar refractivity (Wildman–Crippen MR) is 126 cm³/mol. The van der Waals surface area contributed by atoms with E-state index < -0.39 is 22.5 Å². The average Bonchev–Trinajstić information content (AvgIpc) is 2.74. The summed E-state index contributed by atoms with van der Waals surface area (Å²) in [5.41, 5.74) is 2.34. The summed E-state index contributed by atoms with van der Waals surface area (Å²) in [5, 5.41) is 0. The molecule has 0 aliphatic rings. The van der Waals surface area contributed by atoms with Crippen LogP contribution in [0.3, 0.4) is 0 Å². The van der Waals surface area contributed by atoms with Crippen molar-refractivity contribution >= 4 is 37.5 Å². The van der Waals surface area contributed by atoms with Crippen LogP contribution in [0.15, 0.2) is 82.2 Å². The number of hydrogen-bond acceptors (Lipinski definition) is 4. The fourth-order valence-corrected chi connectivity index (χ4v) is 4.93. The van der Waals surface area contributed by atoms with Crippen molar-refractivity contribution < 1.29 is 17.9 Å². The topological polar surface area (TPSA) is 63.7 Å². The Labute approximate surface area is 191 Å². The van der Waals surface area contributed by atoms with E-state index in [0.29, 0.717) is 16.1 Å². The molecule has 3 aromatic rings. The van der Waals surface area contributed by atoms with Crippen LogP contribution in [0.4, 0.5) is 5.69 Å². The van der Waals surface area contributed by atoms with E-state index in [0.717, 1.165) is 15.4 Å². The summed E-state index contributed by atoms with van der Waals surface area (Å²) in [7, 11) is -4.11. The summed E-state index contributed by atoms with van der Waals surface area (Å²) in [4.78, 5) is 13.1. The summed E-state index contributed by atoms with van der Waals surface area (Å²) in [6.07, 6.45) is 0. The van der Waals surface area contributed by atoms with Crippen molar-refractivity contribution in [1.82, 2.24) is 0 Å². The second-order valence-electron chi connectivity index (χ2n) is 7.45. The Morgan fingerprint density at radius 2 is 1.65 bits per heavy atom. The molecule has 0 atom stereocenters. The standard InChI is InChI=1S/C24H24BrNO4S/c1-17(2)19-11-14-23(22(25)15-19)30-16-24(27)26(20-12-9-18(3)10-13-20)31(28,29)21-7-5-4-6-8-21/h4-15,17H,16H2,1-3H3. The van der Waals surface area contributed by atoms with Gasteiger partial charge in [-0.15, -0.1) is 0 Å². The smallest absolute Gasteiger partial charge is 0.278 e. The van der Waals surface area contributed by atoms with Crippen LogP contribution in [-0.4, -0.2) is 20.9 Å². The molecule has 0 saturated heterocycles. The molecule has 0 fully saturated rings. The molecule has 3 rings (SSSR count). The number of aryl methyl sites for hydroxylation is 1. The van der Waals surface area contributed by atoms with E-state index in [1.165, 1.54) is 12.1 Å². The zero-order chi connectivity index (χ0) is 22.6. The van der Waals surface area contributed by atoms with Crippen LogP contribution in [0.1, 0.15) is 30.9 Å². The minimum absolute atomic E-state index is 0.0337. The molecule has 0 bridgehead atoms. The molecular weight excluding hydrogens is 478 g/mol. The maximum atomic E-state index is 13.3. The number of carbonyl (C=O) groups is 1. The second-order valence-corrected chi connectivity index (χ2v) is 10.1. The van der Waals surface area contributed by atoms with Gasteiger partial charge in [0.2, 0.25) is 0 Å². The molecule has 1 amide bonds. The van der Waals surface area contributed by atoms with Gasteiger partial charge in [0.25, 0.3) is 15.9 Å². The fourth-order valence-electron chi connectivity index (χ4n) is 2.99. The van der Waals surface area contributed by atoms with Gasteiger partial charge in [0.05, 0.1) is 15.1 Å². The number of halogens is 1. The van der Waals surface area contributed by atoms with Gasteiger partial charge in [-0.25, -0.2) is 8.42 Å². The Morgan fingerprint density at radius 1 is 1.00 bits per heavy atom. The van der Waals surface area contributed by atoms with Crippen LogP contribution in [0.2, 0.25) is 0 Å². The highest BCUT2D eigenvalue weighted by molar-refractivity contribution is 9.10. The van der Waals surface area contributed by atoms with Gasteiger partial charge in [0.15, 0.2) is 6.61 Å². The zero-order valence-electron chi connectivity index (χ0n) is 17.6. The van der Waals surface area contributed by atoms with Gasteiger partial charge in [-0.3, -0.25) is 4.79 Å². The van der Waals surface area contributed by atoms with Gasteiger partial charge >= 0.3 is 0 Å². The van der Waals surface area contributed by atoms with Gasteiger partial charge in [-0.2, -0.15) is 4.31 Å². The highest BCUT2D eigenvalue weighted by Crippen LogP contribution is 2.30. The molecule has 0 heterocycles. The first-order valence-corrected chi connectivity index (χ1v) is 12.1. The van der Waals surface area contributed by atoms with Crippen LogP contribution in [-0.2, 0) is 14.8 Å². The van der Waals surface area contributed by atoms with Crippen LogP contribution >= 0.6 is 15.9 Å². The van der Waals surface area contributed by atoms with Crippen molar-refractivity contribution in [3.63, 3.8) is 0 Å². The van der Waals surface area contributed by atoms with Crippen molar-refractivity contribution in [1.29, 1.82) is 0 Å². The maximum Gasteiger partial charge on any atom is 0.278 e. The summed E-state index contributed by atoms with van der Waals surface area (Å²) in [6, 6.07) is 20.3. The number of ether oxygens (including phenoxy) is 1. The lowest BCUT2D eigenvalue weighted by Gasteiger charge is -2.23. The SMILES string of the molecule is Cc1ccc(N(C(=O)COc2ccc(C(C)C)cc2Br)S(=O)(=O)c2ccccc2)cc1. The monoisotopic (exact) mass is 501 g/mol. The number of hydrogen-bond donors (Lipinski definition) is 0. The number of sulfonamides is 1. The fraction of sp³-hybridized carbons (Fsp3) is 0.208. The number of benzene rings is 3. The van der Waals surface area contributed by atoms with Crippen molar-refractivity contribution in [2.24, 2.45) is 0 Å². The Bertz CT molecular complexity index is 1160. The van der Waals surface area contributed by atoms with E-state index in [-0.39, 0.29) is 10.6 Å². The molecule has 31 heavy (non-hydrogen) atoms. The minimum Gasteiger partial charge on any atom is -0.483 e. The Kier molecular flexibility index (Phi) is 7.18. The normalized spacial score (nSPS) is 11.4. The number of carbonyl (C=O) groups excluding carboxylic acids is 1. The Hall–Kier alpha value is -2.64. The van der Waals surface area contributed by atoms with Gasteiger partial charge < -0.3 is 4.74 Å². The van der Waals surface area contributed by atoms with Crippen LogP contribution in [0, 0.1) is 6.92 Å². The summed E-state index contributed by atoms with van der Waals surface area (Å²) in [5.74, 6) is 0.131. The quantitative estimate of drug-likeness (QED) is 0.417. The van der Waals surface area contributed by atoms with E-state index in [1.54, 1.807) is 48.5 Å². The average molecular weight is 502 g/mol. The van der Waals surface area contributed by atoms with E-state index in [1.807, 2.05) is 19.1 Å². The second kappa shape index (κ2) is 9.66. The van der Waals surface area contributed by atoms with Gasteiger partial charge in [-0.1, -0.05) is 55.8 Å². The third kappa shape index (κ3) is 5.35. The lowest BCUT2D eigenvalue weighted by atomic mass is 10.0. The first kappa shape index (κ1) is 23.0. The van der Waals surface area contributed by atoms with Crippen molar-refractivity contribution in [3.05, 3.63) is 88.4 Å². The molecule has 162 valence electrons. The molecule has 0 aliphatic heterocycles. The molecule has 0 saturated carbocycles. The zero-order valence-corrected chi connectivity index (χ0v) is 20.0. The van der Waals surface area contributed by atoms with Crippen molar-refractivity contribution in [2.45, 2.75) is 31.6 Å². The molecule has 0 N–H and O–H groups in total. The van der Waals surface area contributed by atoms with E-state index in [4.69, 9.17) is 4.74 Å². The first-order valence-electron chi connectivity index (χ1n) is 9.82. The number of rotatable bonds is 7. The third-order valence-corrected chi connectivity index (χ3v) is 7.13. The lowest BCUT2D eigenvalue weighted by molar-refractivity contribution is -0.119. The van der Waals surface area contributed by atoms with Crippen LogP contribution in [0.25, 0.3) is 0 Å². The number of amides is 1. The lowest BCUT2D eigenvalue weighted by Crippen LogP contribution is -2.40. The number of nitrogens with zero attached hydrogens (tertiary/aromatic N) is 1. The predicted octanol–water partition coefficient (Wildman–Crippen LogP) is 5.68. The van der Waals surface area contributed by atoms with Gasteiger partial charge in [0, 0.05) is 0 Å². The van der Waals surface area contributed by atoms with Gasteiger partial charge in [0.1, 0.15) is 5.75 Å². The molecule has 0 unspecified atom stereocenters. The molecule has 7 heteroatoms. The van der Waals surface area contributed by atoms with E-state index >= 15 is 0 Å². The summed E-state index contributed by atoms with van der Waals surface area (Å²) < 4.78 is 33.8.